The molecule has 0 saturated carbocycles. The molecule has 3 rings (SSSR count). The van der Waals surface area contributed by atoms with Crippen molar-refractivity contribution >= 4 is 27.3 Å². The number of carbonyl (C=O) groups excluding carboxylic acids is 1. The standard InChI is InChI=1S/C20H25F3N4O3S/c1-25(2)17-8-7-14(20(21,22)23)11-16(17)24-19(28)18-12-15(13-26(18)3)31(29,30)27-9-5-4-6-10-27/h7-8,11-13H,4-6,9-10H2,1-3H3,(H,24,28). The maximum atomic E-state index is 13.1. The molecule has 0 spiro atoms. The van der Waals surface area contributed by atoms with Gasteiger partial charge in [0.25, 0.3) is 5.91 Å². The van der Waals surface area contributed by atoms with Crippen LogP contribution in [0.1, 0.15) is 35.3 Å². The van der Waals surface area contributed by atoms with Crippen LogP contribution in [0.2, 0.25) is 0 Å². The highest BCUT2D eigenvalue weighted by Gasteiger charge is 2.32. The molecule has 0 aliphatic carbocycles. The smallest absolute Gasteiger partial charge is 0.376 e. The molecule has 0 radical (unpaired) electrons. The number of benzene rings is 1. The monoisotopic (exact) mass is 458 g/mol. The minimum atomic E-state index is -4.56. The second kappa shape index (κ2) is 8.54. The van der Waals surface area contributed by atoms with E-state index >= 15 is 0 Å². The molecule has 170 valence electrons. The van der Waals surface area contributed by atoms with Crippen LogP contribution in [0.3, 0.4) is 0 Å². The maximum Gasteiger partial charge on any atom is 0.416 e. The molecule has 1 N–H and O–H groups in total. The summed E-state index contributed by atoms with van der Waals surface area (Å²) in [7, 11) is 1.06. The fraction of sp³-hybridized carbons (Fsp3) is 0.450. The molecule has 11 heteroatoms. The van der Waals surface area contributed by atoms with Gasteiger partial charge in [0.05, 0.1) is 16.9 Å². The van der Waals surface area contributed by atoms with E-state index in [1.165, 1.54) is 34.2 Å². The SMILES string of the molecule is CN(C)c1ccc(C(F)(F)F)cc1NC(=O)c1cc(S(=O)(=O)N2CCCCC2)cn1C. The predicted molar refractivity (Wildman–Crippen MR) is 112 cm³/mol. The van der Waals surface area contributed by atoms with Gasteiger partial charge in [0.1, 0.15) is 10.6 Å². The molecule has 1 saturated heterocycles. The molecule has 1 aromatic carbocycles. The van der Waals surface area contributed by atoms with Crippen LogP contribution in [-0.4, -0.2) is 50.4 Å². The Kier molecular flexibility index (Phi) is 6.38. The van der Waals surface area contributed by atoms with E-state index in [-0.39, 0.29) is 16.3 Å². The molecule has 1 amide bonds. The molecule has 0 bridgehead atoms. The summed E-state index contributed by atoms with van der Waals surface area (Å²) < 4.78 is 67.9. The molecule has 0 atom stereocenters. The molecule has 7 nitrogen and oxygen atoms in total. The van der Waals surface area contributed by atoms with Crippen molar-refractivity contribution < 1.29 is 26.4 Å². The van der Waals surface area contributed by atoms with Crippen LogP contribution in [0.4, 0.5) is 24.5 Å². The summed E-state index contributed by atoms with van der Waals surface area (Å²) in [5.41, 5.74) is -0.505. The third-order valence-electron chi connectivity index (χ3n) is 5.22. The number of nitrogens with one attached hydrogen (secondary N) is 1. The number of sulfonamides is 1. The van der Waals surface area contributed by atoms with Crippen LogP contribution in [0.15, 0.2) is 35.4 Å². The average Bonchev–Trinajstić information content (AvgIpc) is 3.10. The van der Waals surface area contributed by atoms with Crippen LogP contribution >= 0.6 is 0 Å². The molecule has 1 aliphatic heterocycles. The van der Waals surface area contributed by atoms with Crippen molar-refractivity contribution in [3.05, 3.63) is 41.7 Å². The molecule has 2 heterocycles. The number of hydrogen-bond donors (Lipinski definition) is 1. The van der Waals surface area contributed by atoms with Crippen molar-refractivity contribution in [3.63, 3.8) is 0 Å². The molecular formula is C20H25F3N4O3S. The van der Waals surface area contributed by atoms with E-state index in [4.69, 9.17) is 0 Å². The highest BCUT2D eigenvalue weighted by molar-refractivity contribution is 7.89. The molecule has 31 heavy (non-hydrogen) atoms. The van der Waals surface area contributed by atoms with Gasteiger partial charge in [-0.25, -0.2) is 8.42 Å². The number of nitrogens with zero attached hydrogens (tertiary/aromatic N) is 3. The number of hydrogen-bond acceptors (Lipinski definition) is 4. The fourth-order valence-corrected chi connectivity index (χ4v) is 5.13. The minimum Gasteiger partial charge on any atom is -0.376 e. The Hall–Kier alpha value is -2.53. The first-order valence-corrected chi connectivity index (χ1v) is 11.2. The highest BCUT2D eigenvalue weighted by Crippen LogP contribution is 2.35. The largest absolute Gasteiger partial charge is 0.416 e. The van der Waals surface area contributed by atoms with E-state index in [1.54, 1.807) is 19.0 Å². The lowest BCUT2D eigenvalue weighted by Crippen LogP contribution is -2.35. The first-order chi connectivity index (χ1) is 14.4. The summed E-state index contributed by atoms with van der Waals surface area (Å²) in [5.74, 6) is -0.704. The van der Waals surface area contributed by atoms with Gasteiger partial charge in [-0.3, -0.25) is 4.79 Å². The van der Waals surface area contributed by atoms with Crippen LogP contribution in [0, 0.1) is 0 Å². The normalized spacial score (nSPS) is 15.7. The summed E-state index contributed by atoms with van der Waals surface area (Å²) >= 11 is 0. The van der Waals surface area contributed by atoms with E-state index < -0.39 is 27.7 Å². The van der Waals surface area contributed by atoms with Gasteiger partial charge in [-0.2, -0.15) is 17.5 Å². The van der Waals surface area contributed by atoms with Gasteiger partial charge >= 0.3 is 6.18 Å². The minimum absolute atomic E-state index is 0.0149. The lowest BCUT2D eigenvalue weighted by atomic mass is 10.1. The Morgan fingerprint density at radius 2 is 1.74 bits per heavy atom. The zero-order chi connectivity index (χ0) is 23.0. The topological polar surface area (TPSA) is 74.7 Å². The summed E-state index contributed by atoms with van der Waals surface area (Å²) in [5, 5.41) is 2.50. The van der Waals surface area contributed by atoms with Crippen molar-refractivity contribution in [2.45, 2.75) is 30.3 Å². The number of piperidine rings is 1. The fourth-order valence-electron chi connectivity index (χ4n) is 3.54. The Morgan fingerprint density at radius 3 is 2.32 bits per heavy atom. The molecule has 1 fully saturated rings. The predicted octanol–water partition coefficient (Wildman–Crippen LogP) is 3.54. The Bertz CT molecular complexity index is 1070. The Labute approximate surface area is 179 Å². The van der Waals surface area contributed by atoms with E-state index in [9.17, 15) is 26.4 Å². The highest BCUT2D eigenvalue weighted by atomic mass is 32.2. The van der Waals surface area contributed by atoms with Crippen molar-refractivity contribution in [1.29, 1.82) is 0 Å². The lowest BCUT2D eigenvalue weighted by Gasteiger charge is -2.25. The van der Waals surface area contributed by atoms with E-state index in [0.29, 0.717) is 18.8 Å². The molecule has 1 aromatic heterocycles. The summed E-state index contributed by atoms with van der Waals surface area (Å²) in [6.07, 6.45) is -0.687. The number of anilines is 2. The number of alkyl halides is 3. The van der Waals surface area contributed by atoms with Crippen LogP contribution in [0.5, 0.6) is 0 Å². The second-order valence-electron chi connectivity index (χ2n) is 7.71. The zero-order valence-electron chi connectivity index (χ0n) is 17.5. The third-order valence-corrected chi connectivity index (χ3v) is 7.08. The van der Waals surface area contributed by atoms with E-state index in [2.05, 4.69) is 5.32 Å². The van der Waals surface area contributed by atoms with Gasteiger partial charge in [-0.05, 0) is 37.1 Å². The Morgan fingerprint density at radius 1 is 1.10 bits per heavy atom. The summed E-state index contributed by atoms with van der Waals surface area (Å²) in [6, 6.07) is 4.33. The van der Waals surface area contributed by atoms with Crippen molar-refractivity contribution in [2.75, 3.05) is 37.4 Å². The van der Waals surface area contributed by atoms with E-state index in [0.717, 1.165) is 31.4 Å². The Balaban J connectivity index is 1.91. The molecular weight excluding hydrogens is 433 g/mol. The number of amides is 1. The van der Waals surface area contributed by atoms with Gasteiger partial charge in [0.2, 0.25) is 10.0 Å². The maximum absolute atomic E-state index is 13.1. The third kappa shape index (κ3) is 4.87. The lowest BCUT2D eigenvalue weighted by molar-refractivity contribution is -0.137. The first kappa shape index (κ1) is 23.1. The summed E-state index contributed by atoms with van der Waals surface area (Å²) in [4.78, 5) is 14.4. The second-order valence-corrected chi connectivity index (χ2v) is 9.65. The van der Waals surface area contributed by atoms with Crippen molar-refractivity contribution in [2.24, 2.45) is 7.05 Å². The van der Waals surface area contributed by atoms with E-state index in [1.807, 2.05) is 0 Å². The van der Waals surface area contributed by atoms with Gasteiger partial charge in [-0.15, -0.1) is 0 Å². The van der Waals surface area contributed by atoms with Crippen LogP contribution in [-0.2, 0) is 23.2 Å². The first-order valence-electron chi connectivity index (χ1n) is 9.77. The number of rotatable bonds is 5. The average molecular weight is 459 g/mol. The number of aryl methyl sites for hydroxylation is 1. The molecule has 2 aromatic rings. The van der Waals surface area contributed by atoms with Crippen LogP contribution < -0.4 is 10.2 Å². The van der Waals surface area contributed by atoms with Crippen molar-refractivity contribution in [1.82, 2.24) is 8.87 Å². The number of halogens is 3. The van der Waals surface area contributed by atoms with Crippen molar-refractivity contribution in [3.8, 4) is 0 Å². The van der Waals surface area contributed by atoms with Gasteiger partial charge in [-0.1, -0.05) is 6.42 Å². The van der Waals surface area contributed by atoms with Gasteiger partial charge in [0, 0.05) is 40.4 Å². The van der Waals surface area contributed by atoms with Gasteiger partial charge < -0.3 is 14.8 Å². The van der Waals surface area contributed by atoms with Crippen LogP contribution in [0.25, 0.3) is 0 Å². The number of aromatic nitrogens is 1. The number of carbonyl (C=O) groups is 1. The zero-order valence-corrected chi connectivity index (χ0v) is 18.3. The molecule has 0 unspecified atom stereocenters. The van der Waals surface area contributed by atoms with Gasteiger partial charge in [0.15, 0.2) is 0 Å². The summed E-state index contributed by atoms with van der Waals surface area (Å²) in [6.45, 7) is 0.852. The quantitative estimate of drug-likeness (QED) is 0.744. The molecule has 1 aliphatic rings.